The average Bonchev–Trinajstić information content (AvgIpc) is 2.79. The van der Waals surface area contributed by atoms with Crippen LogP contribution in [0.5, 0.6) is 0 Å². The zero-order valence-corrected chi connectivity index (χ0v) is 11.6. The van der Waals surface area contributed by atoms with Crippen LogP contribution < -0.4 is 0 Å². The van der Waals surface area contributed by atoms with E-state index in [1.165, 1.54) is 0 Å². The molecule has 18 heavy (non-hydrogen) atoms. The first-order valence-electron chi connectivity index (χ1n) is 5.54. The summed E-state index contributed by atoms with van der Waals surface area (Å²) in [4.78, 5) is 0. The van der Waals surface area contributed by atoms with Crippen molar-refractivity contribution in [3.63, 3.8) is 0 Å². The minimum atomic E-state index is -0.138. The number of rotatable bonds is 5. The monoisotopic (exact) mass is 311 g/mol. The first-order chi connectivity index (χ1) is 8.77. The van der Waals surface area contributed by atoms with Crippen LogP contribution in [-0.2, 0) is 17.9 Å². The molecule has 0 radical (unpaired) electrons. The fourth-order valence-electron chi connectivity index (χ4n) is 1.71. The molecular weight excluding hydrogens is 298 g/mol. The number of aliphatic hydroxyl groups is 1. The summed E-state index contributed by atoms with van der Waals surface area (Å²) in [6.45, 7) is 1.01. The third-order valence-corrected chi connectivity index (χ3v) is 3.29. The lowest BCUT2D eigenvalue weighted by molar-refractivity contribution is 0.183. The average molecular weight is 312 g/mol. The maximum atomic E-state index is 9.27. The quantitative estimate of drug-likeness (QED) is 0.915. The molecule has 6 heteroatoms. The van der Waals surface area contributed by atoms with Crippen molar-refractivity contribution >= 4 is 15.9 Å². The summed E-state index contributed by atoms with van der Waals surface area (Å²) in [5, 5.41) is 17.4. The van der Waals surface area contributed by atoms with E-state index in [0.717, 1.165) is 15.9 Å². The van der Waals surface area contributed by atoms with E-state index in [2.05, 4.69) is 26.1 Å². The first-order valence-corrected chi connectivity index (χ1v) is 6.34. The molecule has 0 aliphatic rings. The van der Waals surface area contributed by atoms with Crippen molar-refractivity contribution in [2.75, 3.05) is 13.7 Å². The van der Waals surface area contributed by atoms with Gasteiger partial charge in [-0.1, -0.05) is 34.1 Å². The van der Waals surface area contributed by atoms with E-state index >= 15 is 0 Å². The van der Waals surface area contributed by atoms with Gasteiger partial charge in [0.2, 0.25) is 0 Å². The van der Waals surface area contributed by atoms with Crippen molar-refractivity contribution in [2.24, 2.45) is 0 Å². The Morgan fingerprint density at radius 1 is 1.33 bits per heavy atom. The Morgan fingerprint density at radius 3 is 2.78 bits per heavy atom. The maximum absolute atomic E-state index is 9.27. The second-order valence-corrected chi connectivity index (χ2v) is 4.58. The minimum Gasteiger partial charge on any atom is -0.388 e. The number of methoxy groups -OCH3 is 1. The van der Waals surface area contributed by atoms with Gasteiger partial charge in [0.15, 0.2) is 11.6 Å². The predicted octanol–water partition coefficient (Wildman–Crippen LogP) is 1.85. The van der Waals surface area contributed by atoms with E-state index in [1.807, 2.05) is 28.8 Å². The number of aliphatic hydroxyl groups excluding tert-OH is 1. The minimum absolute atomic E-state index is 0.138. The van der Waals surface area contributed by atoms with Crippen molar-refractivity contribution in [2.45, 2.75) is 13.2 Å². The molecule has 5 nitrogen and oxygen atoms in total. The van der Waals surface area contributed by atoms with Crippen LogP contribution in [0.2, 0.25) is 0 Å². The highest BCUT2D eigenvalue weighted by atomic mass is 79.9. The molecule has 0 saturated carbocycles. The lowest BCUT2D eigenvalue weighted by Gasteiger charge is -2.09. The van der Waals surface area contributed by atoms with Crippen LogP contribution >= 0.6 is 15.9 Å². The Labute approximate surface area is 114 Å². The van der Waals surface area contributed by atoms with Gasteiger partial charge in [0.1, 0.15) is 6.61 Å². The molecule has 0 unspecified atom stereocenters. The molecule has 0 atom stereocenters. The molecule has 1 N–H and O–H groups in total. The van der Waals surface area contributed by atoms with Crippen molar-refractivity contribution in [1.29, 1.82) is 0 Å². The molecule has 0 spiro atoms. The lowest BCUT2D eigenvalue weighted by Crippen LogP contribution is -2.10. The van der Waals surface area contributed by atoms with Crippen LogP contribution in [0.1, 0.15) is 5.82 Å². The van der Waals surface area contributed by atoms with Crippen LogP contribution in [0.25, 0.3) is 11.4 Å². The van der Waals surface area contributed by atoms with E-state index < -0.39 is 0 Å². The summed E-state index contributed by atoms with van der Waals surface area (Å²) < 4.78 is 7.88. The Bertz CT molecular complexity index is 528. The van der Waals surface area contributed by atoms with Gasteiger partial charge in [0, 0.05) is 23.7 Å². The largest absolute Gasteiger partial charge is 0.388 e. The first kappa shape index (κ1) is 13.2. The van der Waals surface area contributed by atoms with E-state index in [-0.39, 0.29) is 6.61 Å². The van der Waals surface area contributed by atoms with Crippen molar-refractivity contribution in [3.8, 4) is 11.4 Å². The van der Waals surface area contributed by atoms with Gasteiger partial charge < -0.3 is 14.4 Å². The van der Waals surface area contributed by atoms with Gasteiger partial charge in [-0.15, -0.1) is 10.2 Å². The SMILES string of the molecule is COCCn1c(CO)nnc1-c1ccccc1Br. The molecule has 2 rings (SSSR count). The van der Waals surface area contributed by atoms with Crippen LogP contribution in [0.3, 0.4) is 0 Å². The highest BCUT2D eigenvalue weighted by molar-refractivity contribution is 9.10. The molecule has 0 aliphatic heterocycles. The van der Waals surface area contributed by atoms with Crippen molar-refractivity contribution in [3.05, 3.63) is 34.6 Å². The summed E-state index contributed by atoms with van der Waals surface area (Å²) in [6, 6.07) is 7.78. The Hall–Kier alpha value is -1.24. The fourth-order valence-corrected chi connectivity index (χ4v) is 2.17. The van der Waals surface area contributed by atoms with E-state index in [9.17, 15) is 5.11 Å². The van der Waals surface area contributed by atoms with Crippen LogP contribution in [-0.4, -0.2) is 33.6 Å². The molecule has 96 valence electrons. The molecule has 0 amide bonds. The summed E-state index contributed by atoms with van der Waals surface area (Å²) in [6.07, 6.45) is 0. The number of ether oxygens (including phenoxy) is 1. The topological polar surface area (TPSA) is 60.2 Å². The standard InChI is InChI=1S/C12H14BrN3O2/c1-18-7-6-16-11(8-17)14-15-12(16)9-4-2-3-5-10(9)13/h2-5,17H,6-8H2,1H3. The zero-order valence-electron chi connectivity index (χ0n) is 10.0. The Balaban J connectivity index is 2.44. The van der Waals surface area contributed by atoms with Gasteiger partial charge >= 0.3 is 0 Å². The second-order valence-electron chi connectivity index (χ2n) is 3.72. The third-order valence-electron chi connectivity index (χ3n) is 2.60. The molecule has 1 aromatic carbocycles. The molecule has 0 saturated heterocycles. The Kier molecular flexibility index (Phi) is 4.46. The molecule has 0 bridgehead atoms. The van der Waals surface area contributed by atoms with Gasteiger partial charge in [0.05, 0.1) is 6.61 Å². The van der Waals surface area contributed by atoms with E-state index in [4.69, 9.17) is 4.74 Å². The number of halogens is 1. The summed E-state index contributed by atoms with van der Waals surface area (Å²) in [7, 11) is 1.64. The molecule has 2 aromatic rings. The number of nitrogens with zero attached hydrogens (tertiary/aromatic N) is 3. The molecular formula is C12H14BrN3O2. The molecule has 1 aromatic heterocycles. The molecule has 0 fully saturated rings. The normalized spacial score (nSPS) is 10.8. The third kappa shape index (κ3) is 2.60. The summed E-state index contributed by atoms with van der Waals surface area (Å²) in [5.74, 6) is 1.27. The maximum Gasteiger partial charge on any atom is 0.165 e. The van der Waals surface area contributed by atoms with Crippen molar-refractivity contribution < 1.29 is 9.84 Å². The van der Waals surface area contributed by atoms with Gasteiger partial charge in [-0.05, 0) is 6.07 Å². The highest BCUT2D eigenvalue weighted by Crippen LogP contribution is 2.26. The van der Waals surface area contributed by atoms with Gasteiger partial charge in [-0.2, -0.15) is 0 Å². The van der Waals surface area contributed by atoms with E-state index in [1.54, 1.807) is 7.11 Å². The Morgan fingerprint density at radius 2 is 2.11 bits per heavy atom. The number of hydrogen-bond acceptors (Lipinski definition) is 4. The molecule has 0 aliphatic carbocycles. The zero-order chi connectivity index (χ0) is 13.0. The number of benzene rings is 1. The predicted molar refractivity (Wildman–Crippen MR) is 71.0 cm³/mol. The fraction of sp³-hybridized carbons (Fsp3) is 0.333. The summed E-state index contributed by atoms with van der Waals surface area (Å²) in [5.41, 5.74) is 0.945. The lowest BCUT2D eigenvalue weighted by atomic mass is 10.2. The van der Waals surface area contributed by atoms with Gasteiger partial charge in [-0.25, -0.2) is 0 Å². The van der Waals surface area contributed by atoms with Gasteiger partial charge in [-0.3, -0.25) is 0 Å². The number of hydrogen-bond donors (Lipinski definition) is 1. The molecule has 1 heterocycles. The van der Waals surface area contributed by atoms with E-state index in [0.29, 0.717) is 19.0 Å². The highest BCUT2D eigenvalue weighted by Gasteiger charge is 2.14. The summed E-state index contributed by atoms with van der Waals surface area (Å²) >= 11 is 3.49. The van der Waals surface area contributed by atoms with Crippen LogP contribution in [0.4, 0.5) is 0 Å². The van der Waals surface area contributed by atoms with Gasteiger partial charge in [0.25, 0.3) is 0 Å². The second kappa shape index (κ2) is 6.08. The smallest absolute Gasteiger partial charge is 0.165 e. The number of aromatic nitrogens is 3. The van der Waals surface area contributed by atoms with Crippen LogP contribution in [0.15, 0.2) is 28.7 Å². The van der Waals surface area contributed by atoms with Crippen molar-refractivity contribution in [1.82, 2.24) is 14.8 Å². The van der Waals surface area contributed by atoms with Crippen LogP contribution in [0, 0.1) is 0 Å².